The Bertz CT molecular complexity index is 1120. The SMILES string of the molecule is NC(=NC1=CCC(F)C(Cl)=C1)c1nonc1Cn1nnnc1-c1ccc(F)cc1. The smallest absolute Gasteiger partial charge is 0.182 e. The van der Waals surface area contributed by atoms with Gasteiger partial charge in [-0.25, -0.2) is 23.1 Å². The van der Waals surface area contributed by atoms with Gasteiger partial charge in [-0.15, -0.1) is 5.10 Å². The van der Waals surface area contributed by atoms with E-state index in [-0.39, 0.29) is 35.3 Å². The van der Waals surface area contributed by atoms with E-state index in [1.165, 1.54) is 22.9 Å². The Morgan fingerprint density at radius 1 is 1.31 bits per heavy atom. The fourth-order valence-corrected chi connectivity index (χ4v) is 2.86. The fourth-order valence-electron chi connectivity index (χ4n) is 2.66. The molecule has 0 fully saturated rings. The molecule has 1 aliphatic carbocycles. The highest BCUT2D eigenvalue weighted by molar-refractivity contribution is 6.30. The molecule has 1 atom stereocenters. The molecule has 0 aliphatic heterocycles. The van der Waals surface area contributed by atoms with Crippen molar-refractivity contribution in [2.75, 3.05) is 0 Å². The van der Waals surface area contributed by atoms with Crippen LogP contribution in [-0.2, 0) is 6.54 Å². The lowest BCUT2D eigenvalue weighted by atomic mass is 10.1. The van der Waals surface area contributed by atoms with Crippen LogP contribution in [0.15, 0.2) is 56.8 Å². The standard InChI is InChI=1S/C17H13ClF2N8O/c18-12-7-11(5-6-13(12)20)22-16(21)15-14(24-29-25-15)8-28-17(23-26-27-28)9-1-3-10(19)4-2-9/h1-5,7,13H,6,8H2,(H2,21,22). The highest BCUT2D eigenvalue weighted by atomic mass is 35.5. The van der Waals surface area contributed by atoms with Gasteiger partial charge in [0.25, 0.3) is 0 Å². The van der Waals surface area contributed by atoms with Crippen molar-refractivity contribution in [2.24, 2.45) is 10.7 Å². The van der Waals surface area contributed by atoms with Crippen LogP contribution in [0.25, 0.3) is 11.4 Å². The number of aromatic nitrogens is 6. The summed E-state index contributed by atoms with van der Waals surface area (Å²) in [6.45, 7) is 0.0803. The zero-order chi connectivity index (χ0) is 20.4. The van der Waals surface area contributed by atoms with Gasteiger partial charge in [-0.05, 0) is 45.9 Å². The lowest BCUT2D eigenvalue weighted by molar-refractivity contribution is 0.301. The maximum Gasteiger partial charge on any atom is 0.182 e. The van der Waals surface area contributed by atoms with Gasteiger partial charge >= 0.3 is 0 Å². The van der Waals surface area contributed by atoms with Gasteiger partial charge in [0.05, 0.1) is 17.3 Å². The van der Waals surface area contributed by atoms with Crippen molar-refractivity contribution in [1.29, 1.82) is 0 Å². The van der Waals surface area contributed by atoms with Gasteiger partial charge < -0.3 is 5.73 Å². The molecule has 0 spiro atoms. The first-order valence-corrected chi connectivity index (χ1v) is 8.78. The van der Waals surface area contributed by atoms with Gasteiger partial charge in [0, 0.05) is 12.0 Å². The Hall–Kier alpha value is -3.47. The summed E-state index contributed by atoms with van der Waals surface area (Å²) in [6, 6.07) is 5.72. The van der Waals surface area contributed by atoms with Crippen LogP contribution >= 0.6 is 11.6 Å². The van der Waals surface area contributed by atoms with Crippen LogP contribution in [0.4, 0.5) is 8.78 Å². The van der Waals surface area contributed by atoms with Crippen LogP contribution in [0, 0.1) is 5.82 Å². The number of aliphatic imine (C=N–C) groups is 1. The molecule has 0 bridgehead atoms. The number of hydrogen-bond acceptors (Lipinski definition) is 7. The van der Waals surface area contributed by atoms with E-state index in [0.29, 0.717) is 22.8 Å². The predicted octanol–water partition coefficient (Wildman–Crippen LogP) is 2.36. The summed E-state index contributed by atoms with van der Waals surface area (Å²) in [5.41, 5.74) is 7.57. The Morgan fingerprint density at radius 2 is 2.10 bits per heavy atom. The van der Waals surface area contributed by atoms with Crippen molar-refractivity contribution >= 4 is 17.4 Å². The molecule has 1 aliphatic rings. The van der Waals surface area contributed by atoms with Gasteiger partial charge in [-0.3, -0.25) is 0 Å². The van der Waals surface area contributed by atoms with E-state index in [2.05, 4.69) is 30.8 Å². The number of alkyl halides is 1. The molecule has 0 saturated heterocycles. The fraction of sp³-hybridized carbons (Fsp3) is 0.176. The normalized spacial score (nSPS) is 17.2. The van der Waals surface area contributed by atoms with Crippen molar-refractivity contribution in [1.82, 2.24) is 30.5 Å². The molecule has 2 N–H and O–H groups in total. The van der Waals surface area contributed by atoms with E-state index in [0.717, 1.165) is 0 Å². The number of tetrazole rings is 1. The summed E-state index contributed by atoms with van der Waals surface area (Å²) >= 11 is 5.82. The maximum absolute atomic E-state index is 13.4. The third-order valence-corrected chi connectivity index (χ3v) is 4.45. The molecular formula is C17H13ClF2N8O. The molecule has 0 radical (unpaired) electrons. The number of nitrogens with zero attached hydrogens (tertiary/aromatic N) is 7. The molecule has 148 valence electrons. The molecule has 0 saturated carbocycles. The Labute approximate surface area is 167 Å². The van der Waals surface area contributed by atoms with Gasteiger partial charge in [-0.1, -0.05) is 22.8 Å². The summed E-state index contributed by atoms with van der Waals surface area (Å²) in [7, 11) is 0. The van der Waals surface area contributed by atoms with Crippen molar-refractivity contribution in [3.8, 4) is 11.4 Å². The molecule has 0 amide bonds. The summed E-state index contributed by atoms with van der Waals surface area (Å²) in [6.07, 6.45) is 1.83. The number of nitrogens with two attached hydrogens (primary N) is 1. The summed E-state index contributed by atoms with van der Waals surface area (Å²) in [5, 5.41) is 19.2. The van der Waals surface area contributed by atoms with Crippen LogP contribution < -0.4 is 5.73 Å². The van der Waals surface area contributed by atoms with Crippen LogP contribution in [0.5, 0.6) is 0 Å². The number of hydrogen-bond donors (Lipinski definition) is 1. The van der Waals surface area contributed by atoms with Crippen molar-refractivity contribution in [2.45, 2.75) is 19.1 Å². The van der Waals surface area contributed by atoms with Gasteiger partial charge in [0.15, 0.2) is 17.4 Å². The van der Waals surface area contributed by atoms with E-state index >= 15 is 0 Å². The first-order valence-electron chi connectivity index (χ1n) is 8.40. The van der Waals surface area contributed by atoms with Crippen LogP contribution in [0.2, 0.25) is 0 Å². The summed E-state index contributed by atoms with van der Waals surface area (Å²) in [4.78, 5) is 4.21. The van der Waals surface area contributed by atoms with Crippen LogP contribution in [-0.4, -0.2) is 42.5 Å². The second kappa shape index (κ2) is 7.87. The van der Waals surface area contributed by atoms with E-state index in [1.54, 1.807) is 18.2 Å². The van der Waals surface area contributed by atoms with Gasteiger partial charge in [-0.2, -0.15) is 0 Å². The highest BCUT2D eigenvalue weighted by Crippen LogP contribution is 2.24. The Balaban J connectivity index is 1.59. The maximum atomic E-state index is 13.4. The van der Waals surface area contributed by atoms with E-state index < -0.39 is 6.17 Å². The molecule has 1 unspecified atom stereocenters. The molecule has 9 nitrogen and oxygen atoms in total. The summed E-state index contributed by atoms with van der Waals surface area (Å²) < 4.78 is 32.8. The summed E-state index contributed by atoms with van der Waals surface area (Å²) in [5.74, 6) is 0.0417. The predicted molar refractivity (Wildman–Crippen MR) is 98.9 cm³/mol. The number of rotatable bonds is 5. The monoisotopic (exact) mass is 418 g/mol. The average molecular weight is 419 g/mol. The topological polar surface area (TPSA) is 121 Å². The quantitative estimate of drug-likeness (QED) is 0.498. The zero-order valence-electron chi connectivity index (χ0n) is 14.7. The third-order valence-electron chi connectivity index (χ3n) is 4.10. The minimum absolute atomic E-state index is 0.0157. The zero-order valence-corrected chi connectivity index (χ0v) is 15.5. The highest BCUT2D eigenvalue weighted by Gasteiger charge is 2.20. The first kappa shape index (κ1) is 18.9. The molecular weight excluding hydrogens is 406 g/mol. The first-order chi connectivity index (χ1) is 14.0. The molecule has 12 heteroatoms. The van der Waals surface area contributed by atoms with Crippen LogP contribution in [0.1, 0.15) is 17.8 Å². The molecule has 1 aromatic carbocycles. The van der Waals surface area contributed by atoms with Crippen molar-refractivity contribution < 1.29 is 13.4 Å². The molecule has 4 rings (SSSR count). The molecule has 3 aromatic rings. The third kappa shape index (κ3) is 4.04. The van der Waals surface area contributed by atoms with Crippen molar-refractivity contribution in [3.63, 3.8) is 0 Å². The molecule has 2 aromatic heterocycles. The number of benzene rings is 1. The molecule has 29 heavy (non-hydrogen) atoms. The van der Waals surface area contributed by atoms with Gasteiger partial charge in [0.2, 0.25) is 0 Å². The van der Waals surface area contributed by atoms with Crippen LogP contribution in [0.3, 0.4) is 0 Å². The second-order valence-electron chi connectivity index (χ2n) is 6.09. The average Bonchev–Trinajstić information content (AvgIpc) is 3.35. The second-order valence-corrected chi connectivity index (χ2v) is 6.52. The minimum Gasteiger partial charge on any atom is -0.382 e. The Kier molecular flexibility index (Phi) is 5.12. The Morgan fingerprint density at radius 3 is 2.86 bits per heavy atom. The van der Waals surface area contributed by atoms with Gasteiger partial charge in [0.1, 0.15) is 17.7 Å². The number of allylic oxidation sites excluding steroid dienone is 3. The number of amidine groups is 1. The molecule has 2 heterocycles. The van der Waals surface area contributed by atoms with E-state index in [4.69, 9.17) is 22.0 Å². The lowest BCUT2D eigenvalue weighted by Crippen LogP contribution is -2.18. The largest absolute Gasteiger partial charge is 0.382 e. The minimum atomic E-state index is -1.24. The van der Waals surface area contributed by atoms with E-state index in [1.807, 2.05) is 0 Å². The number of halogens is 3. The van der Waals surface area contributed by atoms with E-state index in [9.17, 15) is 8.78 Å². The van der Waals surface area contributed by atoms with Crippen molar-refractivity contribution in [3.05, 3.63) is 64.4 Å². The lowest BCUT2D eigenvalue weighted by Gasteiger charge is -2.10.